The first-order chi connectivity index (χ1) is 7.69. The Bertz CT molecular complexity index is 377. The van der Waals surface area contributed by atoms with Crippen molar-refractivity contribution in [1.82, 2.24) is 9.88 Å². The smallest absolute Gasteiger partial charge is 0.224 e. The van der Waals surface area contributed by atoms with Crippen LogP contribution in [0.3, 0.4) is 0 Å². The van der Waals surface area contributed by atoms with Gasteiger partial charge in [-0.3, -0.25) is 4.79 Å². The van der Waals surface area contributed by atoms with Crippen molar-refractivity contribution in [1.29, 1.82) is 0 Å². The number of nitrogens with two attached hydrogens (primary N) is 1. The van der Waals surface area contributed by atoms with Crippen LogP contribution in [0.1, 0.15) is 12.0 Å². The fourth-order valence-corrected chi connectivity index (χ4v) is 1.80. The van der Waals surface area contributed by atoms with E-state index < -0.39 is 0 Å². The van der Waals surface area contributed by atoms with Crippen molar-refractivity contribution < 1.29 is 9.53 Å². The van der Waals surface area contributed by atoms with E-state index in [-0.39, 0.29) is 11.9 Å². The molecule has 2 N–H and O–H groups in total. The van der Waals surface area contributed by atoms with Crippen LogP contribution in [-0.2, 0) is 11.3 Å². The molecule has 1 saturated heterocycles. The minimum Gasteiger partial charge on any atom is -0.481 e. The number of likely N-dealkylation sites (tertiary alicyclic amines) is 1. The van der Waals surface area contributed by atoms with E-state index in [0.717, 1.165) is 5.56 Å². The van der Waals surface area contributed by atoms with Gasteiger partial charge in [0.1, 0.15) is 0 Å². The number of rotatable bonds is 3. The van der Waals surface area contributed by atoms with Crippen molar-refractivity contribution in [2.75, 3.05) is 13.7 Å². The van der Waals surface area contributed by atoms with Crippen LogP contribution < -0.4 is 10.5 Å². The van der Waals surface area contributed by atoms with Gasteiger partial charge in [0, 0.05) is 37.8 Å². The van der Waals surface area contributed by atoms with E-state index in [1.165, 1.54) is 0 Å². The molecule has 16 heavy (non-hydrogen) atoms. The summed E-state index contributed by atoms with van der Waals surface area (Å²) in [5, 5.41) is 0. The first kappa shape index (κ1) is 10.9. The van der Waals surface area contributed by atoms with Gasteiger partial charge in [-0.05, 0) is 5.56 Å². The molecule has 5 heteroatoms. The summed E-state index contributed by atoms with van der Waals surface area (Å²) in [4.78, 5) is 17.4. The third-order valence-electron chi connectivity index (χ3n) is 2.62. The van der Waals surface area contributed by atoms with Crippen molar-refractivity contribution in [3.05, 3.63) is 23.9 Å². The second-order valence-electron chi connectivity index (χ2n) is 3.95. The zero-order chi connectivity index (χ0) is 11.5. The zero-order valence-electron chi connectivity index (χ0n) is 9.22. The maximum Gasteiger partial charge on any atom is 0.224 e. The van der Waals surface area contributed by atoms with E-state index in [1.54, 1.807) is 24.3 Å². The van der Waals surface area contributed by atoms with Gasteiger partial charge in [0.25, 0.3) is 0 Å². The highest BCUT2D eigenvalue weighted by Crippen LogP contribution is 2.14. The Morgan fingerprint density at radius 2 is 2.44 bits per heavy atom. The van der Waals surface area contributed by atoms with Crippen LogP contribution in [0, 0.1) is 0 Å². The number of aromatic nitrogens is 1. The molecule has 86 valence electrons. The van der Waals surface area contributed by atoms with Crippen LogP contribution in [0.2, 0.25) is 0 Å². The highest BCUT2D eigenvalue weighted by molar-refractivity contribution is 5.79. The lowest BCUT2D eigenvalue weighted by molar-refractivity contribution is -0.128. The van der Waals surface area contributed by atoms with Crippen LogP contribution in [0.4, 0.5) is 0 Å². The Morgan fingerprint density at radius 1 is 1.62 bits per heavy atom. The van der Waals surface area contributed by atoms with Crippen LogP contribution in [0.15, 0.2) is 18.3 Å². The molecule has 1 fully saturated rings. The Morgan fingerprint density at radius 3 is 2.94 bits per heavy atom. The quantitative estimate of drug-likeness (QED) is 0.789. The molecule has 1 aromatic rings. The summed E-state index contributed by atoms with van der Waals surface area (Å²) in [7, 11) is 1.57. The number of methoxy groups -OCH3 is 1. The summed E-state index contributed by atoms with van der Waals surface area (Å²) in [6.45, 7) is 1.20. The molecule has 0 saturated carbocycles. The molecule has 1 aliphatic heterocycles. The maximum atomic E-state index is 11.5. The lowest BCUT2D eigenvalue weighted by Crippen LogP contribution is -2.27. The Labute approximate surface area is 94.2 Å². The standard InChI is InChI=1S/C11H15N3O2/c1-16-10-3-2-8(5-13-10)6-14-7-9(12)4-11(14)15/h2-3,5,9H,4,6-7,12H2,1H3. The second-order valence-corrected chi connectivity index (χ2v) is 3.95. The minimum atomic E-state index is -0.0290. The first-order valence-electron chi connectivity index (χ1n) is 5.21. The van der Waals surface area contributed by atoms with Gasteiger partial charge in [-0.25, -0.2) is 4.98 Å². The van der Waals surface area contributed by atoms with E-state index in [0.29, 0.717) is 25.4 Å². The molecule has 1 unspecified atom stereocenters. The third-order valence-corrected chi connectivity index (χ3v) is 2.62. The molecule has 0 spiro atoms. The van der Waals surface area contributed by atoms with Crippen molar-refractivity contribution in [2.45, 2.75) is 19.0 Å². The monoisotopic (exact) mass is 221 g/mol. The van der Waals surface area contributed by atoms with E-state index in [2.05, 4.69) is 4.98 Å². The molecule has 0 aromatic carbocycles. The summed E-state index contributed by atoms with van der Waals surface area (Å²) in [5.74, 6) is 0.691. The number of nitrogens with zero attached hydrogens (tertiary/aromatic N) is 2. The van der Waals surface area contributed by atoms with Crippen molar-refractivity contribution in [2.24, 2.45) is 5.73 Å². The van der Waals surface area contributed by atoms with Crippen molar-refractivity contribution in [3.8, 4) is 5.88 Å². The van der Waals surface area contributed by atoms with Crippen molar-refractivity contribution >= 4 is 5.91 Å². The number of hydrogen-bond donors (Lipinski definition) is 1. The summed E-state index contributed by atoms with van der Waals surface area (Å²) < 4.78 is 4.97. The largest absolute Gasteiger partial charge is 0.481 e. The highest BCUT2D eigenvalue weighted by atomic mass is 16.5. The van der Waals surface area contributed by atoms with Gasteiger partial charge in [0.05, 0.1) is 7.11 Å². The van der Waals surface area contributed by atoms with Gasteiger partial charge in [0.2, 0.25) is 11.8 Å². The fourth-order valence-electron chi connectivity index (χ4n) is 1.80. The van der Waals surface area contributed by atoms with Crippen LogP contribution in [0.25, 0.3) is 0 Å². The summed E-state index contributed by atoms with van der Waals surface area (Å²) in [5.41, 5.74) is 6.71. The number of amides is 1. The molecule has 0 bridgehead atoms. The van der Waals surface area contributed by atoms with Crippen molar-refractivity contribution in [3.63, 3.8) is 0 Å². The molecule has 1 amide bonds. The summed E-state index contributed by atoms with van der Waals surface area (Å²) in [6, 6.07) is 3.66. The van der Waals surface area contributed by atoms with Gasteiger partial charge in [-0.2, -0.15) is 0 Å². The van der Waals surface area contributed by atoms with E-state index in [4.69, 9.17) is 10.5 Å². The molecular weight excluding hydrogens is 206 g/mol. The predicted molar refractivity (Wildman–Crippen MR) is 58.8 cm³/mol. The first-order valence-corrected chi connectivity index (χ1v) is 5.21. The lowest BCUT2D eigenvalue weighted by atomic mass is 10.2. The van der Waals surface area contributed by atoms with Gasteiger partial charge in [-0.15, -0.1) is 0 Å². The lowest BCUT2D eigenvalue weighted by Gasteiger charge is -2.15. The molecule has 1 aliphatic rings. The molecular formula is C11H15N3O2. The molecule has 1 aromatic heterocycles. The average Bonchev–Trinajstić information content (AvgIpc) is 2.59. The van der Waals surface area contributed by atoms with Crippen LogP contribution >= 0.6 is 0 Å². The average molecular weight is 221 g/mol. The molecule has 1 atom stereocenters. The number of pyridine rings is 1. The van der Waals surface area contributed by atoms with Gasteiger partial charge >= 0.3 is 0 Å². The predicted octanol–water partition coefficient (Wildman–Crippen LogP) is 0.150. The molecule has 2 heterocycles. The van der Waals surface area contributed by atoms with Crippen LogP contribution in [-0.4, -0.2) is 35.5 Å². The number of carbonyl (C=O) groups is 1. The van der Waals surface area contributed by atoms with E-state index >= 15 is 0 Å². The normalized spacial score (nSPS) is 20.2. The summed E-state index contributed by atoms with van der Waals surface area (Å²) in [6.07, 6.45) is 2.17. The number of carbonyl (C=O) groups excluding carboxylic acids is 1. The fraction of sp³-hybridized carbons (Fsp3) is 0.455. The number of ether oxygens (including phenoxy) is 1. The van der Waals surface area contributed by atoms with E-state index in [9.17, 15) is 4.79 Å². The third kappa shape index (κ3) is 2.30. The Hall–Kier alpha value is -1.62. The Kier molecular flexibility index (Phi) is 3.05. The van der Waals surface area contributed by atoms with Gasteiger partial charge < -0.3 is 15.4 Å². The molecule has 2 rings (SSSR count). The van der Waals surface area contributed by atoms with Crippen LogP contribution in [0.5, 0.6) is 5.88 Å². The molecule has 5 nitrogen and oxygen atoms in total. The number of hydrogen-bond acceptors (Lipinski definition) is 4. The SMILES string of the molecule is COc1ccc(CN2CC(N)CC2=O)cn1. The topological polar surface area (TPSA) is 68.5 Å². The summed E-state index contributed by atoms with van der Waals surface area (Å²) >= 11 is 0. The zero-order valence-corrected chi connectivity index (χ0v) is 9.22. The van der Waals surface area contributed by atoms with E-state index in [1.807, 2.05) is 6.07 Å². The van der Waals surface area contributed by atoms with Gasteiger partial charge in [-0.1, -0.05) is 6.07 Å². The Balaban J connectivity index is 2.01. The maximum absolute atomic E-state index is 11.5. The minimum absolute atomic E-state index is 0.0290. The second kappa shape index (κ2) is 4.49. The highest BCUT2D eigenvalue weighted by Gasteiger charge is 2.26. The molecule has 0 radical (unpaired) electrons. The van der Waals surface area contributed by atoms with Gasteiger partial charge in [0.15, 0.2) is 0 Å². The molecule has 0 aliphatic carbocycles.